The van der Waals surface area contributed by atoms with Crippen LogP contribution in [-0.2, 0) is 0 Å². The van der Waals surface area contributed by atoms with Gasteiger partial charge in [0.15, 0.2) is 5.82 Å². The maximum absolute atomic E-state index is 12.3. The predicted octanol–water partition coefficient (Wildman–Crippen LogP) is 3.91. The molecule has 4 rings (SSSR count). The number of hydrogen-bond acceptors (Lipinski definition) is 4. The molecule has 0 radical (unpaired) electrons. The molecule has 128 valence electrons. The number of H-pyrrole nitrogens is 1. The van der Waals surface area contributed by atoms with Gasteiger partial charge >= 0.3 is 0 Å². The second-order valence-corrected chi connectivity index (χ2v) is 7.89. The fraction of sp³-hybridized carbons (Fsp3) is 0.222. The number of rotatable bonds is 4. The molecule has 3 heterocycles. The van der Waals surface area contributed by atoms with Crippen LogP contribution < -0.4 is 10.2 Å². The molecule has 1 atom stereocenters. The highest BCUT2D eigenvalue weighted by molar-refractivity contribution is 9.10. The summed E-state index contributed by atoms with van der Waals surface area (Å²) in [5.74, 6) is 0.907. The largest absolute Gasteiger partial charge is 0.353 e. The Morgan fingerprint density at radius 3 is 2.92 bits per heavy atom. The van der Waals surface area contributed by atoms with Crippen molar-refractivity contribution in [2.75, 3.05) is 18.0 Å². The highest BCUT2D eigenvalue weighted by Gasteiger charge is 2.26. The average Bonchev–Trinajstić information content (AvgIpc) is 3.36. The van der Waals surface area contributed by atoms with Crippen LogP contribution in [-0.4, -0.2) is 35.2 Å². The number of aromatic nitrogens is 2. The van der Waals surface area contributed by atoms with Crippen LogP contribution in [0.15, 0.2) is 52.3 Å². The highest BCUT2D eigenvalue weighted by Crippen LogP contribution is 2.27. The minimum atomic E-state index is -0.0272. The Hall–Kier alpha value is -2.12. The number of thiophene rings is 1. The maximum Gasteiger partial charge on any atom is 0.251 e. The van der Waals surface area contributed by atoms with Crippen molar-refractivity contribution in [3.05, 3.63) is 57.9 Å². The third-order valence-corrected chi connectivity index (χ3v) is 5.74. The number of carbonyl (C=O) groups is 1. The number of nitrogens with zero attached hydrogens (tertiary/aromatic N) is 2. The smallest absolute Gasteiger partial charge is 0.251 e. The Morgan fingerprint density at radius 1 is 1.32 bits per heavy atom. The van der Waals surface area contributed by atoms with Gasteiger partial charge in [-0.25, -0.2) is 0 Å². The van der Waals surface area contributed by atoms with Crippen molar-refractivity contribution in [1.82, 2.24) is 15.5 Å². The van der Waals surface area contributed by atoms with E-state index >= 15 is 0 Å². The van der Waals surface area contributed by atoms with Gasteiger partial charge in [-0.2, -0.15) is 5.10 Å². The van der Waals surface area contributed by atoms with Crippen molar-refractivity contribution >= 4 is 39.0 Å². The Bertz CT molecular complexity index is 860. The fourth-order valence-corrected chi connectivity index (χ4v) is 3.94. The zero-order valence-corrected chi connectivity index (χ0v) is 15.8. The molecular weight excluding hydrogens is 400 g/mol. The Balaban J connectivity index is 1.38. The normalized spacial score (nSPS) is 17.0. The van der Waals surface area contributed by atoms with Gasteiger partial charge in [0.2, 0.25) is 0 Å². The van der Waals surface area contributed by atoms with Crippen LogP contribution in [0.2, 0.25) is 0 Å². The van der Waals surface area contributed by atoms with Crippen LogP contribution >= 0.6 is 27.3 Å². The lowest BCUT2D eigenvalue weighted by molar-refractivity contribution is 0.0940. The molecule has 1 aliphatic rings. The van der Waals surface area contributed by atoms with Gasteiger partial charge in [0.1, 0.15) is 0 Å². The molecule has 25 heavy (non-hydrogen) atoms. The fourth-order valence-electron chi connectivity index (χ4n) is 2.99. The first-order valence-corrected chi connectivity index (χ1v) is 9.77. The van der Waals surface area contributed by atoms with Crippen LogP contribution in [0.4, 0.5) is 5.82 Å². The molecule has 0 saturated carbocycles. The van der Waals surface area contributed by atoms with E-state index in [1.807, 2.05) is 30.3 Å². The number of halogens is 1. The van der Waals surface area contributed by atoms with Gasteiger partial charge in [0.25, 0.3) is 5.91 Å². The zero-order valence-electron chi connectivity index (χ0n) is 13.4. The molecule has 0 spiro atoms. The summed E-state index contributed by atoms with van der Waals surface area (Å²) in [5, 5.41) is 12.7. The zero-order chi connectivity index (χ0) is 17.2. The number of anilines is 1. The molecular formula is C18H17BrN4OS. The van der Waals surface area contributed by atoms with Gasteiger partial charge in [0, 0.05) is 35.2 Å². The lowest BCUT2D eigenvalue weighted by Gasteiger charge is -2.16. The molecule has 1 aliphatic heterocycles. The van der Waals surface area contributed by atoms with Crippen molar-refractivity contribution in [3.8, 4) is 10.6 Å². The van der Waals surface area contributed by atoms with Crippen LogP contribution in [0.3, 0.4) is 0 Å². The quantitative estimate of drug-likeness (QED) is 0.677. The Labute approximate surface area is 158 Å². The van der Waals surface area contributed by atoms with E-state index in [0.717, 1.165) is 35.5 Å². The number of hydrogen-bond donors (Lipinski definition) is 2. The Morgan fingerprint density at radius 2 is 2.16 bits per heavy atom. The van der Waals surface area contributed by atoms with E-state index in [4.69, 9.17) is 0 Å². The average molecular weight is 417 g/mol. The van der Waals surface area contributed by atoms with Crippen LogP contribution in [0, 0.1) is 0 Å². The lowest BCUT2D eigenvalue weighted by atomic mass is 10.2. The third-order valence-electron chi connectivity index (χ3n) is 4.30. The number of aromatic amines is 1. The van der Waals surface area contributed by atoms with E-state index in [9.17, 15) is 4.79 Å². The predicted molar refractivity (Wildman–Crippen MR) is 104 cm³/mol. The monoisotopic (exact) mass is 416 g/mol. The van der Waals surface area contributed by atoms with Gasteiger partial charge in [-0.05, 0) is 42.1 Å². The highest BCUT2D eigenvalue weighted by atomic mass is 79.9. The molecule has 1 saturated heterocycles. The van der Waals surface area contributed by atoms with Crippen molar-refractivity contribution in [2.24, 2.45) is 0 Å². The first-order valence-electron chi connectivity index (χ1n) is 8.10. The summed E-state index contributed by atoms with van der Waals surface area (Å²) in [4.78, 5) is 15.7. The summed E-state index contributed by atoms with van der Waals surface area (Å²) in [6.45, 7) is 1.66. The maximum atomic E-state index is 12.3. The number of carbonyl (C=O) groups excluding carboxylic acids is 1. The van der Waals surface area contributed by atoms with Crippen LogP contribution in [0.1, 0.15) is 16.8 Å². The summed E-state index contributed by atoms with van der Waals surface area (Å²) >= 11 is 5.07. The summed E-state index contributed by atoms with van der Waals surface area (Å²) in [6, 6.07) is 13.7. The standard InChI is InChI=1S/C18H17BrN4OS/c19-13-5-3-12(4-6-13)18(24)20-14-7-8-23(11-14)17-10-15(21-22-17)16-2-1-9-25-16/h1-6,9-10,14H,7-8,11H2,(H,20,24)(H,21,22). The third kappa shape index (κ3) is 3.62. The lowest BCUT2D eigenvalue weighted by Crippen LogP contribution is -2.37. The van der Waals surface area contributed by atoms with E-state index in [2.05, 4.69) is 53.9 Å². The van der Waals surface area contributed by atoms with E-state index < -0.39 is 0 Å². The number of benzene rings is 1. The van der Waals surface area contributed by atoms with Crippen molar-refractivity contribution in [1.29, 1.82) is 0 Å². The molecule has 1 fully saturated rings. The second-order valence-electron chi connectivity index (χ2n) is 6.03. The molecule has 5 nitrogen and oxygen atoms in total. The summed E-state index contributed by atoms with van der Waals surface area (Å²) in [6.07, 6.45) is 0.920. The number of amides is 1. The van der Waals surface area contributed by atoms with Crippen LogP contribution in [0.25, 0.3) is 10.6 Å². The molecule has 2 N–H and O–H groups in total. The molecule has 1 aromatic carbocycles. The molecule has 1 amide bonds. The molecule has 3 aromatic rings. The summed E-state index contributed by atoms with van der Waals surface area (Å²) in [5.41, 5.74) is 1.72. The molecule has 7 heteroatoms. The molecule has 0 aliphatic carbocycles. The minimum Gasteiger partial charge on any atom is -0.353 e. The first-order chi connectivity index (χ1) is 12.2. The van der Waals surface area contributed by atoms with Crippen molar-refractivity contribution in [3.63, 3.8) is 0 Å². The Kier molecular flexibility index (Phi) is 4.59. The minimum absolute atomic E-state index is 0.0272. The van der Waals surface area contributed by atoms with Crippen molar-refractivity contribution in [2.45, 2.75) is 12.5 Å². The van der Waals surface area contributed by atoms with E-state index in [0.29, 0.717) is 5.56 Å². The van der Waals surface area contributed by atoms with Crippen molar-refractivity contribution < 1.29 is 4.79 Å². The SMILES string of the molecule is O=C(NC1CCN(c2cc(-c3cccs3)[nH]n2)C1)c1ccc(Br)cc1. The summed E-state index contributed by atoms with van der Waals surface area (Å²) < 4.78 is 0.969. The van der Waals surface area contributed by atoms with Gasteiger partial charge in [-0.3, -0.25) is 9.89 Å². The van der Waals surface area contributed by atoms with Gasteiger partial charge in [0.05, 0.1) is 10.6 Å². The molecule has 2 aromatic heterocycles. The van der Waals surface area contributed by atoms with Crippen LogP contribution in [0.5, 0.6) is 0 Å². The van der Waals surface area contributed by atoms with E-state index in [-0.39, 0.29) is 11.9 Å². The molecule has 0 bridgehead atoms. The first kappa shape index (κ1) is 16.4. The summed E-state index contributed by atoms with van der Waals surface area (Å²) in [7, 11) is 0. The second kappa shape index (κ2) is 7.01. The van der Waals surface area contributed by atoms with Gasteiger partial charge in [-0.1, -0.05) is 22.0 Å². The van der Waals surface area contributed by atoms with E-state index in [1.54, 1.807) is 11.3 Å². The number of nitrogens with one attached hydrogen (secondary N) is 2. The molecule has 1 unspecified atom stereocenters. The van der Waals surface area contributed by atoms with E-state index in [1.165, 1.54) is 4.88 Å². The topological polar surface area (TPSA) is 61.0 Å². The van der Waals surface area contributed by atoms with Gasteiger partial charge < -0.3 is 10.2 Å². The van der Waals surface area contributed by atoms with Gasteiger partial charge in [-0.15, -0.1) is 11.3 Å².